The first kappa shape index (κ1) is 18.2. The van der Waals surface area contributed by atoms with Gasteiger partial charge in [0.1, 0.15) is 17.5 Å². The third kappa shape index (κ3) is 3.95. The highest BCUT2D eigenvalue weighted by molar-refractivity contribution is 5.94. The van der Waals surface area contributed by atoms with Crippen LogP contribution in [-0.4, -0.2) is 61.0 Å². The van der Waals surface area contributed by atoms with Crippen molar-refractivity contribution in [2.75, 3.05) is 50.1 Å². The van der Waals surface area contributed by atoms with Crippen LogP contribution in [-0.2, 0) is 6.42 Å². The fraction of sp³-hybridized carbons (Fsp3) is 0.450. The Kier molecular flexibility index (Phi) is 5.40. The van der Waals surface area contributed by atoms with Crippen LogP contribution in [0.3, 0.4) is 0 Å². The molecule has 0 aliphatic carbocycles. The van der Waals surface area contributed by atoms with Crippen LogP contribution in [0.1, 0.15) is 28.7 Å². The lowest BCUT2D eigenvalue weighted by molar-refractivity contribution is 0.0746. The van der Waals surface area contributed by atoms with Gasteiger partial charge in [-0.15, -0.1) is 0 Å². The zero-order valence-corrected chi connectivity index (χ0v) is 16.1. The van der Waals surface area contributed by atoms with Gasteiger partial charge in [0.05, 0.1) is 0 Å². The predicted octanol–water partition coefficient (Wildman–Crippen LogP) is 2.38. The molecule has 1 aromatic heterocycles. The van der Waals surface area contributed by atoms with Crippen LogP contribution in [0.15, 0.2) is 30.3 Å². The number of hydrogen-bond acceptors (Lipinski definition) is 5. The summed E-state index contributed by atoms with van der Waals surface area (Å²) in [4.78, 5) is 27.9. The SMILES string of the molecule is CCc1ccc(C(=O)N2CCN(c3cc(N(C)C)nc(C)n3)CC2)cc1. The lowest BCUT2D eigenvalue weighted by atomic mass is 10.1. The Morgan fingerprint density at radius 1 is 1.08 bits per heavy atom. The Hall–Kier alpha value is -2.63. The molecule has 1 saturated heterocycles. The zero-order valence-electron chi connectivity index (χ0n) is 16.1. The summed E-state index contributed by atoms with van der Waals surface area (Å²) < 4.78 is 0. The molecule has 0 unspecified atom stereocenters. The predicted molar refractivity (Wildman–Crippen MR) is 105 cm³/mol. The highest BCUT2D eigenvalue weighted by Crippen LogP contribution is 2.20. The maximum Gasteiger partial charge on any atom is 0.253 e. The summed E-state index contributed by atoms with van der Waals surface area (Å²) in [6, 6.07) is 9.95. The van der Waals surface area contributed by atoms with Gasteiger partial charge in [0, 0.05) is 51.9 Å². The fourth-order valence-corrected chi connectivity index (χ4v) is 3.13. The van der Waals surface area contributed by atoms with Gasteiger partial charge >= 0.3 is 0 Å². The molecule has 26 heavy (non-hydrogen) atoms. The van der Waals surface area contributed by atoms with Crippen LogP contribution in [0.25, 0.3) is 0 Å². The van der Waals surface area contributed by atoms with E-state index in [9.17, 15) is 4.79 Å². The Morgan fingerprint density at radius 3 is 2.31 bits per heavy atom. The average molecular weight is 353 g/mol. The van der Waals surface area contributed by atoms with Crippen molar-refractivity contribution in [1.82, 2.24) is 14.9 Å². The van der Waals surface area contributed by atoms with Crippen molar-refractivity contribution in [2.24, 2.45) is 0 Å². The number of aromatic nitrogens is 2. The monoisotopic (exact) mass is 353 g/mol. The molecule has 1 aliphatic heterocycles. The smallest absolute Gasteiger partial charge is 0.253 e. The Balaban J connectivity index is 1.66. The van der Waals surface area contributed by atoms with Crippen molar-refractivity contribution in [3.8, 4) is 0 Å². The number of carbonyl (C=O) groups is 1. The molecule has 2 aromatic rings. The summed E-state index contributed by atoms with van der Waals surface area (Å²) in [5.41, 5.74) is 2.02. The molecule has 0 bridgehead atoms. The van der Waals surface area contributed by atoms with Crippen molar-refractivity contribution >= 4 is 17.5 Å². The number of anilines is 2. The van der Waals surface area contributed by atoms with Crippen molar-refractivity contribution in [1.29, 1.82) is 0 Å². The molecule has 138 valence electrons. The molecule has 1 amide bonds. The standard InChI is InChI=1S/C20H27N5O/c1-5-16-6-8-17(9-7-16)20(26)25-12-10-24(11-13-25)19-14-18(23(3)4)21-15(2)22-19/h6-9,14H,5,10-13H2,1-4H3. The summed E-state index contributed by atoms with van der Waals surface area (Å²) in [7, 11) is 3.96. The number of carbonyl (C=O) groups excluding carboxylic acids is 1. The maximum absolute atomic E-state index is 12.7. The summed E-state index contributed by atoms with van der Waals surface area (Å²) in [6.07, 6.45) is 0.987. The van der Waals surface area contributed by atoms with E-state index in [0.29, 0.717) is 13.1 Å². The van der Waals surface area contributed by atoms with E-state index in [2.05, 4.69) is 21.8 Å². The van der Waals surface area contributed by atoms with Crippen LogP contribution < -0.4 is 9.80 Å². The molecule has 1 fully saturated rings. The first-order chi connectivity index (χ1) is 12.5. The second kappa shape index (κ2) is 7.72. The number of hydrogen-bond donors (Lipinski definition) is 0. The van der Waals surface area contributed by atoms with E-state index in [-0.39, 0.29) is 5.91 Å². The van der Waals surface area contributed by atoms with Crippen LogP contribution in [0.5, 0.6) is 0 Å². The number of rotatable bonds is 4. The minimum Gasteiger partial charge on any atom is -0.363 e. The molecule has 6 heteroatoms. The van der Waals surface area contributed by atoms with Gasteiger partial charge in [-0.05, 0) is 31.0 Å². The van der Waals surface area contributed by atoms with Crippen LogP contribution in [0, 0.1) is 6.92 Å². The largest absolute Gasteiger partial charge is 0.363 e. The number of benzene rings is 1. The molecule has 0 N–H and O–H groups in total. The van der Waals surface area contributed by atoms with Gasteiger partial charge in [-0.2, -0.15) is 0 Å². The minimum atomic E-state index is 0.111. The van der Waals surface area contributed by atoms with Crippen LogP contribution in [0.4, 0.5) is 11.6 Å². The van der Waals surface area contributed by atoms with Gasteiger partial charge in [0.15, 0.2) is 0 Å². The van der Waals surface area contributed by atoms with Crippen LogP contribution >= 0.6 is 0 Å². The van der Waals surface area contributed by atoms with Crippen molar-refractivity contribution in [3.05, 3.63) is 47.3 Å². The van der Waals surface area contributed by atoms with Gasteiger partial charge < -0.3 is 14.7 Å². The second-order valence-electron chi connectivity index (χ2n) is 6.86. The second-order valence-corrected chi connectivity index (χ2v) is 6.86. The van der Waals surface area contributed by atoms with E-state index in [0.717, 1.165) is 42.5 Å². The van der Waals surface area contributed by atoms with Crippen LogP contribution in [0.2, 0.25) is 0 Å². The zero-order chi connectivity index (χ0) is 18.7. The molecular weight excluding hydrogens is 326 g/mol. The van der Waals surface area contributed by atoms with E-state index in [1.807, 2.05) is 61.2 Å². The molecule has 3 rings (SSSR count). The topological polar surface area (TPSA) is 52.6 Å². The van der Waals surface area contributed by atoms with Crippen molar-refractivity contribution in [3.63, 3.8) is 0 Å². The lowest BCUT2D eigenvalue weighted by Gasteiger charge is -2.35. The highest BCUT2D eigenvalue weighted by atomic mass is 16.2. The third-order valence-corrected chi connectivity index (χ3v) is 4.77. The summed E-state index contributed by atoms with van der Waals surface area (Å²) in [5.74, 6) is 2.71. The Bertz CT molecular complexity index is 764. The van der Waals surface area contributed by atoms with E-state index in [4.69, 9.17) is 0 Å². The van der Waals surface area contributed by atoms with E-state index >= 15 is 0 Å². The molecule has 6 nitrogen and oxygen atoms in total. The molecule has 1 aromatic carbocycles. The van der Waals surface area contributed by atoms with E-state index < -0.39 is 0 Å². The first-order valence-corrected chi connectivity index (χ1v) is 9.14. The number of amides is 1. The quantitative estimate of drug-likeness (QED) is 0.845. The van der Waals surface area contributed by atoms with Gasteiger partial charge in [0.2, 0.25) is 0 Å². The average Bonchev–Trinajstić information content (AvgIpc) is 2.67. The molecule has 0 spiro atoms. The number of aryl methyl sites for hydroxylation is 2. The molecule has 0 radical (unpaired) electrons. The first-order valence-electron chi connectivity index (χ1n) is 9.14. The van der Waals surface area contributed by atoms with Crippen molar-refractivity contribution in [2.45, 2.75) is 20.3 Å². The lowest BCUT2D eigenvalue weighted by Crippen LogP contribution is -2.49. The summed E-state index contributed by atoms with van der Waals surface area (Å²) in [5, 5.41) is 0. The summed E-state index contributed by atoms with van der Waals surface area (Å²) in [6.45, 7) is 7.00. The Labute approximate surface area is 155 Å². The fourth-order valence-electron chi connectivity index (χ4n) is 3.13. The van der Waals surface area contributed by atoms with Gasteiger partial charge in [-0.3, -0.25) is 4.79 Å². The van der Waals surface area contributed by atoms with Crippen molar-refractivity contribution < 1.29 is 4.79 Å². The number of piperazine rings is 1. The molecule has 2 heterocycles. The molecular formula is C20H27N5O. The molecule has 0 saturated carbocycles. The Morgan fingerprint density at radius 2 is 1.73 bits per heavy atom. The van der Waals surface area contributed by atoms with Gasteiger partial charge in [0.25, 0.3) is 5.91 Å². The molecule has 1 aliphatic rings. The van der Waals surface area contributed by atoms with Gasteiger partial charge in [-0.1, -0.05) is 19.1 Å². The third-order valence-electron chi connectivity index (χ3n) is 4.77. The number of nitrogens with zero attached hydrogens (tertiary/aromatic N) is 5. The molecule has 0 atom stereocenters. The maximum atomic E-state index is 12.7. The summed E-state index contributed by atoms with van der Waals surface area (Å²) >= 11 is 0. The normalized spacial score (nSPS) is 14.5. The minimum absolute atomic E-state index is 0.111. The highest BCUT2D eigenvalue weighted by Gasteiger charge is 2.23. The van der Waals surface area contributed by atoms with Gasteiger partial charge in [-0.25, -0.2) is 9.97 Å². The van der Waals surface area contributed by atoms with E-state index in [1.165, 1.54) is 5.56 Å². The van der Waals surface area contributed by atoms with E-state index in [1.54, 1.807) is 0 Å².